The van der Waals surface area contributed by atoms with Crippen molar-refractivity contribution in [1.82, 2.24) is 20.5 Å². The number of carbonyl (C=O) groups excluding carboxylic acids is 1. The quantitative estimate of drug-likeness (QED) is 0.798. The number of aromatic nitrogens is 3. The van der Waals surface area contributed by atoms with Crippen LogP contribution in [0.15, 0.2) is 11.6 Å². The zero-order valence-corrected chi connectivity index (χ0v) is 11.9. The number of nitrogens with two attached hydrogens (primary N) is 1. The summed E-state index contributed by atoms with van der Waals surface area (Å²) in [5, 5.41) is 12.4. The molecule has 0 aromatic carbocycles. The number of thiazole rings is 1. The van der Waals surface area contributed by atoms with Crippen LogP contribution in [0.1, 0.15) is 53.9 Å². The zero-order chi connectivity index (χ0) is 14.0. The summed E-state index contributed by atoms with van der Waals surface area (Å²) in [7, 11) is 0. The first-order valence-corrected chi connectivity index (χ1v) is 6.92. The topological polar surface area (TPSA) is 96.7 Å². The maximum Gasteiger partial charge on any atom is 0.274 e. The molecule has 0 saturated heterocycles. The second kappa shape index (κ2) is 5.40. The van der Waals surface area contributed by atoms with Gasteiger partial charge in [-0.3, -0.25) is 9.89 Å². The van der Waals surface area contributed by atoms with E-state index in [9.17, 15) is 4.79 Å². The molecule has 2 rings (SSSR count). The van der Waals surface area contributed by atoms with Crippen molar-refractivity contribution in [2.24, 2.45) is 0 Å². The summed E-state index contributed by atoms with van der Waals surface area (Å²) in [6.45, 7) is 5.86. The van der Waals surface area contributed by atoms with Gasteiger partial charge in [-0.25, -0.2) is 4.98 Å². The molecular weight excluding hydrogens is 262 g/mol. The average molecular weight is 279 g/mol. The van der Waals surface area contributed by atoms with Crippen molar-refractivity contribution in [3.63, 3.8) is 0 Å². The van der Waals surface area contributed by atoms with Gasteiger partial charge in [-0.1, -0.05) is 13.8 Å². The van der Waals surface area contributed by atoms with Crippen LogP contribution in [0.3, 0.4) is 0 Å². The van der Waals surface area contributed by atoms with Crippen LogP contribution >= 0.6 is 11.3 Å². The van der Waals surface area contributed by atoms with E-state index in [1.807, 2.05) is 26.2 Å². The van der Waals surface area contributed by atoms with Crippen molar-refractivity contribution < 1.29 is 4.79 Å². The van der Waals surface area contributed by atoms with E-state index in [0.717, 1.165) is 10.7 Å². The summed E-state index contributed by atoms with van der Waals surface area (Å²) in [6, 6.07) is -0.161. The third-order valence-electron chi connectivity index (χ3n) is 2.80. The van der Waals surface area contributed by atoms with E-state index < -0.39 is 0 Å². The Labute approximate surface area is 115 Å². The van der Waals surface area contributed by atoms with E-state index in [4.69, 9.17) is 5.73 Å². The lowest BCUT2D eigenvalue weighted by Crippen LogP contribution is -2.27. The van der Waals surface area contributed by atoms with E-state index in [2.05, 4.69) is 20.5 Å². The highest BCUT2D eigenvalue weighted by Crippen LogP contribution is 2.23. The molecule has 2 aromatic rings. The van der Waals surface area contributed by atoms with Gasteiger partial charge in [-0.05, 0) is 12.8 Å². The predicted molar refractivity (Wildman–Crippen MR) is 75.1 cm³/mol. The first-order chi connectivity index (χ1) is 9.00. The molecule has 2 aromatic heterocycles. The molecule has 19 heavy (non-hydrogen) atoms. The van der Waals surface area contributed by atoms with E-state index in [1.165, 1.54) is 11.3 Å². The second-order valence-electron chi connectivity index (χ2n) is 4.62. The molecule has 1 unspecified atom stereocenters. The molecule has 0 saturated carbocycles. The number of hydrogen-bond acceptors (Lipinski definition) is 5. The molecule has 102 valence electrons. The third-order valence-corrected chi connectivity index (χ3v) is 3.75. The molecule has 0 aliphatic carbocycles. The summed E-state index contributed by atoms with van der Waals surface area (Å²) < 4.78 is 0. The van der Waals surface area contributed by atoms with Crippen molar-refractivity contribution in [1.29, 1.82) is 0 Å². The van der Waals surface area contributed by atoms with Crippen LogP contribution in [0.25, 0.3) is 0 Å². The minimum absolute atomic E-state index is 0.161. The van der Waals surface area contributed by atoms with Crippen LogP contribution < -0.4 is 11.1 Å². The maximum absolute atomic E-state index is 12.1. The van der Waals surface area contributed by atoms with E-state index in [-0.39, 0.29) is 23.6 Å². The fourth-order valence-corrected chi connectivity index (χ4v) is 2.40. The lowest BCUT2D eigenvalue weighted by atomic mass is 10.1. The Kier molecular flexibility index (Phi) is 3.84. The summed E-state index contributed by atoms with van der Waals surface area (Å²) in [5.41, 5.74) is 7.37. The number of amides is 1. The molecule has 1 atom stereocenters. The number of aromatic amines is 1. The number of carbonyl (C=O) groups is 1. The Balaban J connectivity index is 2.12. The Hall–Kier alpha value is -1.89. The summed E-state index contributed by atoms with van der Waals surface area (Å²) in [5.74, 6) is -0.0891. The van der Waals surface area contributed by atoms with Crippen molar-refractivity contribution in [2.45, 2.75) is 32.7 Å². The number of anilines is 1. The Morgan fingerprint density at radius 3 is 2.74 bits per heavy atom. The van der Waals surface area contributed by atoms with Crippen molar-refractivity contribution in [3.8, 4) is 0 Å². The summed E-state index contributed by atoms with van der Waals surface area (Å²) >= 11 is 1.50. The van der Waals surface area contributed by atoms with Gasteiger partial charge in [0.1, 0.15) is 5.01 Å². The molecule has 0 bridgehead atoms. The van der Waals surface area contributed by atoms with Crippen LogP contribution in [0.4, 0.5) is 5.69 Å². The molecule has 0 aliphatic heterocycles. The first kappa shape index (κ1) is 13.5. The van der Waals surface area contributed by atoms with Gasteiger partial charge in [0.15, 0.2) is 5.69 Å². The minimum atomic E-state index is -0.289. The number of hydrogen-bond donors (Lipinski definition) is 3. The Bertz CT molecular complexity index is 561. The number of H-pyrrole nitrogens is 1. The lowest BCUT2D eigenvalue weighted by Gasteiger charge is -2.10. The third kappa shape index (κ3) is 2.76. The molecule has 0 aliphatic rings. The fourth-order valence-electron chi connectivity index (χ4n) is 1.75. The van der Waals surface area contributed by atoms with Crippen LogP contribution in [-0.4, -0.2) is 21.1 Å². The largest absolute Gasteiger partial charge is 0.395 e. The second-order valence-corrected chi connectivity index (χ2v) is 5.55. The number of nitrogens with zero attached hydrogens (tertiary/aromatic N) is 2. The zero-order valence-electron chi connectivity index (χ0n) is 11.1. The van der Waals surface area contributed by atoms with Gasteiger partial charge in [0.05, 0.1) is 17.4 Å². The monoisotopic (exact) mass is 279 g/mol. The highest BCUT2D eigenvalue weighted by atomic mass is 32.1. The summed E-state index contributed by atoms with van der Waals surface area (Å²) in [4.78, 5) is 16.3. The van der Waals surface area contributed by atoms with Gasteiger partial charge in [-0.15, -0.1) is 11.3 Å². The van der Waals surface area contributed by atoms with E-state index >= 15 is 0 Å². The van der Waals surface area contributed by atoms with Crippen LogP contribution in [-0.2, 0) is 0 Å². The molecule has 6 nitrogen and oxygen atoms in total. The van der Waals surface area contributed by atoms with Gasteiger partial charge in [0.25, 0.3) is 5.91 Å². The smallest absolute Gasteiger partial charge is 0.274 e. The number of rotatable bonds is 4. The highest BCUT2D eigenvalue weighted by molar-refractivity contribution is 7.09. The van der Waals surface area contributed by atoms with Crippen LogP contribution in [0.2, 0.25) is 0 Å². The van der Waals surface area contributed by atoms with Gasteiger partial charge >= 0.3 is 0 Å². The fraction of sp³-hybridized carbons (Fsp3) is 0.417. The molecule has 0 spiro atoms. The van der Waals surface area contributed by atoms with Crippen molar-refractivity contribution in [3.05, 3.63) is 28.0 Å². The van der Waals surface area contributed by atoms with Crippen molar-refractivity contribution >= 4 is 22.9 Å². The highest BCUT2D eigenvalue weighted by Gasteiger charge is 2.21. The number of nitrogens with one attached hydrogen (secondary N) is 2. The minimum Gasteiger partial charge on any atom is -0.395 e. The molecule has 7 heteroatoms. The van der Waals surface area contributed by atoms with Gasteiger partial charge < -0.3 is 11.1 Å². The molecule has 1 amide bonds. The standard InChI is InChI=1S/C12H17N5OS/c1-6(2)9-8(13)10(17-16-9)11(18)15-7(3)12-14-4-5-19-12/h4-7H,13H2,1-3H3,(H,15,18)(H,16,17). The molecular formula is C12H17N5OS. The SMILES string of the molecule is CC(C)c1[nH]nc(C(=O)NC(C)c2nccs2)c1N. The molecule has 4 N–H and O–H groups in total. The van der Waals surface area contributed by atoms with Gasteiger partial charge in [-0.2, -0.15) is 5.10 Å². The Morgan fingerprint density at radius 1 is 1.47 bits per heavy atom. The van der Waals surface area contributed by atoms with Gasteiger partial charge in [0, 0.05) is 11.6 Å². The first-order valence-electron chi connectivity index (χ1n) is 6.04. The maximum atomic E-state index is 12.1. The van der Waals surface area contributed by atoms with Crippen molar-refractivity contribution in [2.75, 3.05) is 5.73 Å². The number of nitrogen functional groups attached to an aromatic ring is 1. The molecule has 0 radical (unpaired) electrons. The lowest BCUT2D eigenvalue weighted by molar-refractivity contribution is 0.0935. The Morgan fingerprint density at radius 2 is 2.21 bits per heavy atom. The van der Waals surface area contributed by atoms with Gasteiger partial charge in [0.2, 0.25) is 0 Å². The van der Waals surface area contributed by atoms with E-state index in [1.54, 1.807) is 6.20 Å². The van der Waals surface area contributed by atoms with Crippen LogP contribution in [0.5, 0.6) is 0 Å². The molecule has 0 fully saturated rings. The van der Waals surface area contributed by atoms with E-state index in [0.29, 0.717) is 5.69 Å². The molecule has 2 heterocycles. The summed E-state index contributed by atoms with van der Waals surface area (Å²) in [6.07, 6.45) is 1.71. The van der Waals surface area contributed by atoms with Crippen LogP contribution in [0, 0.1) is 0 Å². The average Bonchev–Trinajstić information content (AvgIpc) is 2.96. The normalized spacial score (nSPS) is 12.6. The predicted octanol–water partition coefficient (Wildman–Crippen LogP) is 2.06.